The fraction of sp³-hybridized carbons (Fsp3) is 0.250. The van der Waals surface area contributed by atoms with Gasteiger partial charge >= 0.3 is 0 Å². The van der Waals surface area contributed by atoms with E-state index >= 15 is 0 Å². The molecule has 1 aliphatic carbocycles. The van der Waals surface area contributed by atoms with Crippen LogP contribution in [0.1, 0.15) is 40.6 Å². The van der Waals surface area contributed by atoms with Crippen molar-refractivity contribution >= 4 is 34.8 Å². The van der Waals surface area contributed by atoms with E-state index in [1.54, 1.807) is 26.2 Å². The van der Waals surface area contributed by atoms with Crippen LogP contribution in [0.15, 0.2) is 35.5 Å². The maximum Gasteiger partial charge on any atom is 0.274 e. The predicted octanol–water partition coefficient (Wildman–Crippen LogP) is 5.61. The monoisotopic (exact) mass is 437 g/mol. The summed E-state index contributed by atoms with van der Waals surface area (Å²) >= 11 is 18.3. The summed E-state index contributed by atoms with van der Waals surface area (Å²) in [6, 6.07) is 3.71. The lowest BCUT2D eigenvalue weighted by Gasteiger charge is -2.16. The molecule has 0 N–H and O–H groups in total. The Morgan fingerprint density at radius 1 is 1.11 bits per heavy atom. The van der Waals surface area contributed by atoms with Gasteiger partial charge in [0.25, 0.3) is 5.56 Å². The Labute approximate surface area is 175 Å². The summed E-state index contributed by atoms with van der Waals surface area (Å²) in [6.45, 7) is 3.41. The van der Waals surface area contributed by atoms with E-state index in [4.69, 9.17) is 34.8 Å². The molecule has 1 fully saturated rings. The predicted molar refractivity (Wildman–Crippen MR) is 109 cm³/mol. The second kappa shape index (κ2) is 7.14. The highest BCUT2D eigenvalue weighted by molar-refractivity contribution is 6.31. The van der Waals surface area contributed by atoms with Gasteiger partial charge in [-0.3, -0.25) is 14.3 Å². The molecule has 8 heteroatoms. The van der Waals surface area contributed by atoms with Crippen molar-refractivity contribution < 1.29 is 4.39 Å². The van der Waals surface area contributed by atoms with Gasteiger partial charge in [-0.1, -0.05) is 34.8 Å². The third-order valence-electron chi connectivity index (χ3n) is 5.06. The highest BCUT2D eigenvalue weighted by Gasteiger charge is 2.42. The number of nitrogens with zero attached hydrogens (tertiary/aromatic N) is 3. The van der Waals surface area contributed by atoms with Crippen LogP contribution in [0.3, 0.4) is 0 Å². The summed E-state index contributed by atoms with van der Waals surface area (Å²) < 4.78 is 15.9. The molecule has 0 aliphatic heterocycles. The molecule has 0 spiro atoms. The van der Waals surface area contributed by atoms with Gasteiger partial charge in [0.05, 0.1) is 10.7 Å². The normalized spacial score (nSPS) is 18.4. The van der Waals surface area contributed by atoms with Crippen LogP contribution < -0.4 is 5.56 Å². The van der Waals surface area contributed by atoms with Gasteiger partial charge in [0, 0.05) is 24.3 Å². The van der Waals surface area contributed by atoms with E-state index in [1.165, 1.54) is 10.8 Å². The van der Waals surface area contributed by atoms with Crippen LogP contribution in [0.2, 0.25) is 15.2 Å². The number of hydrogen-bond acceptors (Lipinski definition) is 3. The van der Waals surface area contributed by atoms with Crippen LogP contribution in [0, 0.1) is 19.7 Å². The molecule has 3 aromatic heterocycles. The first-order chi connectivity index (χ1) is 13.3. The Morgan fingerprint density at radius 2 is 1.86 bits per heavy atom. The molecular weight excluding hydrogens is 424 g/mol. The topological polar surface area (TPSA) is 47.8 Å². The van der Waals surface area contributed by atoms with Gasteiger partial charge in [-0.25, -0.2) is 9.37 Å². The second-order valence-corrected chi connectivity index (χ2v) is 8.15. The molecule has 4 rings (SSSR count). The number of rotatable bonds is 3. The lowest BCUT2D eigenvalue weighted by molar-refractivity contribution is 0.606. The zero-order valence-electron chi connectivity index (χ0n) is 15.0. The first-order valence-corrected chi connectivity index (χ1v) is 9.76. The molecule has 0 radical (unpaired) electrons. The molecule has 0 amide bonds. The van der Waals surface area contributed by atoms with Gasteiger partial charge in [-0.2, -0.15) is 0 Å². The van der Waals surface area contributed by atoms with Crippen LogP contribution in [-0.2, 0) is 0 Å². The average molecular weight is 439 g/mol. The van der Waals surface area contributed by atoms with Crippen LogP contribution >= 0.6 is 34.8 Å². The average Bonchev–Trinajstić information content (AvgIpc) is 3.45. The fourth-order valence-electron chi connectivity index (χ4n) is 3.64. The Morgan fingerprint density at radius 3 is 2.57 bits per heavy atom. The highest BCUT2D eigenvalue weighted by Crippen LogP contribution is 2.56. The number of hydrogen-bond donors (Lipinski definition) is 0. The number of aromatic nitrogens is 3. The zero-order chi connectivity index (χ0) is 20.2. The summed E-state index contributed by atoms with van der Waals surface area (Å²) in [4.78, 5) is 20.9. The zero-order valence-corrected chi connectivity index (χ0v) is 17.3. The molecule has 2 atom stereocenters. The van der Waals surface area contributed by atoms with Gasteiger partial charge in [0.2, 0.25) is 0 Å². The van der Waals surface area contributed by atoms with Crippen molar-refractivity contribution in [1.82, 2.24) is 14.5 Å². The minimum atomic E-state index is -0.745. The first-order valence-electron chi connectivity index (χ1n) is 8.63. The summed E-state index contributed by atoms with van der Waals surface area (Å²) in [6.07, 6.45) is 5.63. The Balaban J connectivity index is 1.79. The number of pyridine rings is 3. The van der Waals surface area contributed by atoms with Crippen LogP contribution in [-0.4, -0.2) is 14.5 Å². The van der Waals surface area contributed by atoms with E-state index in [-0.39, 0.29) is 27.7 Å². The highest BCUT2D eigenvalue weighted by atomic mass is 35.5. The van der Waals surface area contributed by atoms with Gasteiger partial charge in [0.1, 0.15) is 5.02 Å². The molecule has 1 aliphatic rings. The molecule has 144 valence electrons. The smallest absolute Gasteiger partial charge is 0.274 e. The molecule has 0 bridgehead atoms. The molecule has 1 saturated carbocycles. The standard InChI is InChI=1S/C20H15Cl3FN3O/c1-9-6-26-19(23)17(24)18(9)27-10(2)3-15(16(22)20(27)28)14-5-13(14)11-4-12(21)8-25-7-11/h3-4,6-8,13-14H,5H2,1-2H3/t13-,14+/m1/s1. The SMILES string of the molecule is Cc1cnc(Cl)c(F)c1-n1c(C)cc([C@H]2C[C@@H]2c2cncc(Cl)c2)c(Cl)c1=O. The summed E-state index contributed by atoms with van der Waals surface area (Å²) in [5.41, 5.74) is 2.42. The summed E-state index contributed by atoms with van der Waals surface area (Å²) in [5, 5.41) is 0.365. The molecule has 0 saturated heterocycles. The Kier molecular flexibility index (Phi) is 4.94. The molecule has 3 aromatic rings. The number of aryl methyl sites for hydroxylation is 2. The van der Waals surface area contributed by atoms with E-state index in [0.717, 1.165) is 17.5 Å². The third-order valence-corrected chi connectivity index (χ3v) is 5.91. The van der Waals surface area contributed by atoms with Crippen LogP contribution in [0.4, 0.5) is 4.39 Å². The van der Waals surface area contributed by atoms with Gasteiger partial charge in [-0.05, 0) is 60.9 Å². The molecule has 28 heavy (non-hydrogen) atoms. The lowest BCUT2D eigenvalue weighted by Crippen LogP contribution is -2.24. The number of halogens is 4. The molecule has 0 unspecified atom stereocenters. The van der Waals surface area contributed by atoms with Crippen LogP contribution in [0.25, 0.3) is 5.69 Å². The first kappa shape index (κ1) is 19.4. The van der Waals surface area contributed by atoms with Gasteiger partial charge in [-0.15, -0.1) is 0 Å². The minimum Gasteiger partial charge on any atom is -0.277 e. The largest absolute Gasteiger partial charge is 0.277 e. The van der Waals surface area contributed by atoms with Gasteiger partial charge in [0.15, 0.2) is 11.0 Å². The van der Waals surface area contributed by atoms with E-state index in [2.05, 4.69) is 9.97 Å². The van der Waals surface area contributed by atoms with Crippen molar-refractivity contribution in [3.63, 3.8) is 0 Å². The van der Waals surface area contributed by atoms with Crippen molar-refractivity contribution in [2.45, 2.75) is 32.1 Å². The van der Waals surface area contributed by atoms with E-state index < -0.39 is 11.4 Å². The summed E-state index contributed by atoms with van der Waals surface area (Å²) in [7, 11) is 0. The Hall–Kier alpha value is -1.95. The molecule has 0 aromatic carbocycles. The van der Waals surface area contributed by atoms with E-state index in [9.17, 15) is 9.18 Å². The lowest BCUT2D eigenvalue weighted by atomic mass is 10.1. The maximum atomic E-state index is 14.6. The minimum absolute atomic E-state index is 0.0716. The van der Waals surface area contributed by atoms with Crippen molar-refractivity contribution in [2.75, 3.05) is 0 Å². The quantitative estimate of drug-likeness (QED) is 0.499. The third kappa shape index (κ3) is 3.21. The molecule has 4 nitrogen and oxygen atoms in total. The Bertz CT molecular complexity index is 1160. The fourth-order valence-corrected chi connectivity index (χ4v) is 4.24. The summed E-state index contributed by atoms with van der Waals surface area (Å²) in [5.74, 6) is -0.446. The van der Waals surface area contributed by atoms with Crippen molar-refractivity contribution in [2.24, 2.45) is 0 Å². The van der Waals surface area contributed by atoms with Crippen LogP contribution in [0.5, 0.6) is 0 Å². The van der Waals surface area contributed by atoms with Crippen molar-refractivity contribution in [1.29, 1.82) is 0 Å². The molecule has 3 heterocycles. The second-order valence-electron chi connectivity index (χ2n) is 6.98. The van der Waals surface area contributed by atoms with Gasteiger partial charge < -0.3 is 0 Å². The molecular formula is C20H15Cl3FN3O. The van der Waals surface area contributed by atoms with E-state index in [1.807, 2.05) is 12.1 Å². The van der Waals surface area contributed by atoms with Crippen molar-refractivity contribution in [3.8, 4) is 5.69 Å². The maximum absolute atomic E-state index is 14.6. The van der Waals surface area contributed by atoms with E-state index in [0.29, 0.717) is 16.3 Å². The van der Waals surface area contributed by atoms with Crippen molar-refractivity contribution in [3.05, 3.63) is 84.5 Å².